The lowest BCUT2D eigenvalue weighted by molar-refractivity contribution is -0.122. The SMILES string of the molecule is Cc1ccc(N2CC(C(=O)Nc3ccc(-c4ccc(N5CCCC5)nn4)cc3)CC2=O)cc1. The summed E-state index contributed by atoms with van der Waals surface area (Å²) in [4.78, 5) is 29.2. The quantitative estimate of drug-likeness (QED) is 0.646. The van der Waals surface area contributed by atoms with Gasteiger partial charge in [0.05, 0.1) is 11.6 Å². The number of carbonyl (C=O) groups excluding carboxylic acids is 2. The van der Waals surface area contributed by atoms with Crippen molar-refractivity contribution in [2.45, 2.75) is 26.2 Å². The molecule has 3 aromatic rings. The molecule has 33 heavy (non-hydrogen) atoms. The van der Waals surface area contributed by atoms with Crippen LogP contribution in [-0.4, -0.2) is 41.6 Å². The number of anilines is 3. The predicted octanol–water partition coefficient (Wildman–Crippen LogP) is 4.04. The largest absolute Gasteiger partial charge is 0.355 e. The first-order valence-electron chi connectivity index (χ1n) is 11.4. The van der Waals surface area contributed by atoms with Crippen LogP contribution in [0.3, 0.4) is 0 Å². The molecule has 7 heteroatoms. The van der Waals surface area contributed by atoms with E-state index < -0.39 is 0 Å². The van der Waals surface area contributed by atoms with Crippen molar-refractivity contribution in [3.63, 3.8) is 0 Å². The van der Waals surface area contributed by atoms with Crippen LogP contribution in [0.15, 0.2) is 60.7 Å². The van der Waals surface area contributed by atoms with Gasteiger partial charge in [0, 0.05) is 43.0 Å². The molecule has 0 bridgehead atoms. The first-order valence-corrected chi connectivity index (χ1v) is 11.4. The van der Waals surface area contributed by atoms with E-state index in [4.69, 9.17) is 0 Å². The molecule has 2 aliphatic heterocycles. The lowest BCUT2D eigenvalue weighted by atomic mass is 10.1. The highest BCUT2D eigenvalue weighted by Gasteiger charge is 2.35. The molecule has 1 unspecified atom stereocenters. The highest BCUT2D eigenvalue weighted by atomic mass is 16.2. The fraction of sp³-hybridized carbons (Fsp3) is 0.308. The Kier molecular flexibility index (Phi) is 5.77. The molecule has 1 aromatic heterocycles. The Morgan fingerprint density at radius 1 is 0.939 bits per heavy atom. The normalized spacial score (nSPS) is 18.1. The third-order valence-corrected chi connectivity index (χ3v) is 6.37. The van der Waals surface area contributed by atoms with Gasteiger partial charge in [0.1, 0.15) is 0 Å². The minimum absolute atomic E-state index is 0.0229. The van der Waals surface area contributed by atoms with E-state index in [9.17, 15) is 9.59 Å². The summed E-state index contributed by atoms with van der Waals surface area (Å²) >= 11 is 0. The van der Waals surface area contributed by atoms with Crippen molar-refractivity contribution >= 4 is 29.0 Å². The van der Waals surface area contributed by atoms with Crippen LogP contribution in [0.25, 0.3) is 11.3 Å². The van der Waals surface area contributed by atoms with Crippen molar-refractivity contribution in [2.24, 2.45) is 5.92 Å². The summed E-state index contributed by atoms with van der Waals surface area (Å²) < 4.78 is 0. The number of rotatable bonds is 5. The lowest BCUT2D eigenvalue weighted by Crippen LogP contribution is -2.28. The Morgan fingerprint density at radius 2 is 1.67 bits per heavy atom. The molecular weight excluding hydrogens is 414 g/mol. The predicted molar refractivity (Wildman–Crippen MR) is 129 cm³/mol. The first kappa shape index (κ1) is 21.1. The summed E-state index contributed by atoms with van der Waals surface area (Å²) in [6, 6.07) is 19.4. The molecule has 2 fully saturated rings. The second-order valence-electron chi connectivity index (χ2n) is 8.78. The van der Waals surface area contributed by atoms with Gasteiger partial charge in [0.15, 0.2) is 5.82 Å². The Morgan fingerprint density at radius 3 is 2.33 bits per heavy atom. The standard InChI is InChI=1S/C26H27N5O2/c1-18-4-10-22(11-5-18)31-17-20(16-25(31)32)26(33)27-21-8-6-19(7-9-21)23-12-13-24(29-28-23)30-14-2-3-15-30/h4-13,20H,2-3,14-17H2,1H3,(H,27,33). The maximum atomic E-state index is 12.8. The third-order valence-electron chi connectivity index (χ3n) is 6.37. The molecule has 0 spiro atoms. The molecule has 5 rings (SSSR count). The van der Waals surface area contributed by atoms with Gasteiger partial charge in [-0.15, -0.1) is 10.2 Å². The zero-order chi connectivity index (χ0) is 22.8. The fourth-order valence-corrected chi connectivity index (χ4v) is 4.42. The molecule has 2 saturated heterocycles. The van der Waals surface area contributed by atoms with Crippen LogP contribution in [0.2, 0.25) is 0 Å². The molecule has 1 atom stereocenters. The third kappa shape index (κ3) is 4.58. The highest BCUT2D eigenvalue weighted by Crippen LogP contribution is 2.27. The molecular formula is C26H27N5O2. The number of aromatic nitrogens is 2. The maximum absolute atomic E-state index is 12.8. The van der Waals surface area contributed by atoms with Crippen LogP contribution in [0.5, 0.6) is 0 Å². The van der Waals surface area contributed by atoms with Crippen LogP contribution >= 0.6 is 0 Å². The average Bonchev–Trinajstić information content (AvgIpc) is 3.51. The lowest BCUT2D eigenvalue weighted by Gasteiger charge is -2.17. The van der Waals surface area contributed by atoms with Crippen molar-refractivity contribution < 1.29 is 9.59 Å². The summed E-state index contributed by atoms with van der Waals surface area (Å²) in [6.07, 6.45) is 2.63. The average molecular weight is 442 g/mol. The van der Waals surface area contributed by atoms with Crippen molar-refractivity contribution in [1.82, 2.24) is 10.2 Å². The Balaban J connectivity index is 1.21. The number of hydrogen-bond acceptors (Lipinski definition) is 5. The van der Waals surface area contributed by atoms with Crippen LogP contribution in [0, 0.1) is 12.8 Å². The topological polar surface area (TPSA) is 78.4 Å². The van der Waals surface area contributed by atoms with Crippen LogP contribution in [0.1, 0.15) is 24.8 Å². The van der Waals surface area contributed by atoms with E-state index in [0.29, 0.717) is 12.2 Å². The van der Waals surface area contributed by atoms with Crippen molar-refractivity contribution in [3.8, 4) is 11.3 Å². The molecule has 2 aromatic carbocycles. The molecule has 2 aliphatic rings. The minimum atomic E-state index is -0.373. The van der Waals surface area contributed by atoms with E-state index in [1.54, 1.807) is 4.90 Å². The van der Waals surface area contributed by atoms with Gasteiger partial charge in [0.2, 0.25) is 11.8 Å². The van der Waals surface area contributed by atoms with E-state index in [2.05, 4.69) is 20.4 Å². The number of hydrogen-bond donors (Lipinski definition) is 1. The summed E-state index contributed by atoms with van der Waals surface area (Å²) in [5.74, 6) is 0.388. The minimum Gasteiger partial charge on any atom is -0.355 e. The zero-order valence-corrected chi connectivity index (χ0v) is 18.7. The smallest absolute Gasteiger partial charge is 0.229 e. The van der Waals surface area contributed by atoms with Crippen LogP contribution < -0.4 is 15.1 Å². The summed E-state index contributed by atoms with van der Waals surface area (Å²) in [7, 11) is 0. The Bertz CT molecular complexity index is 1140. The summed E-state index contributed by atoms with van der Waals surface area (Å²) in [6.45, 7) is 4.48. The van der Waals surface area contributed by atoms with Gasteiger partial charge in [-0.1, -0.05) is 29.8 Å². The van der Waals surface area contributed by atoms with Gasteiger partial charge in [-0.3, -0.25) is 9.59 Å². The first-order chi connectivity index (χ1) is 16.1. The van der Waals surface area contributed by atoms with Gasteiger partial charge in [-0.05, 0) is 56.2 Å². The second-order valence-corrected chi connectivity index (χ2v) is 8.78. The van der Waals surface area contributed by atoms with Gasteiger partial charge >= 0.3 is 0 Å². The van der Waals surface area contributed by atoms with Crippen molar-refractivity contribution in [3.05, 3.63) is 66.2 Å². The highest BCUT2D eigenvalue weighted by molar-refractivity contribution is 6.03. The molecule has 1 N–H and O–H groups in total. The van der Waals surface area contributed by atoms with E-state index in [0.717, 1.165) is 41.4 Å². The van der Waals surface area contributed by atoms with E-state index in [-0.39, 0.29) is 24.2 Å². The number of amides is 2. The van der Waals surface area contributed by atoms with Gasteiger partial charge in [-0.2, -0.15) is 0 Å². The van der Waals surface area contributed by atoms with Gasteiger partial charge < -0.3 is 15.1 Å². The summed E-state index contributed by atoms with van der Waals surface area (Å²) in [5.41, 5.74) is 4.41. The number of aryl methyl sites for hydroxylation is 1. The van der Waals surface area contributed by atoms with Crippen LogP contribution in [0.4, 0.5) is 17.2 Å². The number of nitrogens with one attached hydrogen (secondary N) is 1. The van der Waals surface area contributed by atoms with E-state index >= 15 is 0 Å². The molecule has 7 nitrogen and oxygen atoms in total. The van der Waals surface area contributed by atoms with E-state index in [1.165, 1.54) is 12.8 Å². The fourth-order valence-electron chi connectivity index (χ4n) is 4.42. The number of benzene rings is 2. The molecule has 168 valence electrons. The zero-order valence-electron chi connectivity index (χ0n) is 18.7. The summed E-state index contributed by atoms with van der Waals surface area (Å²) in [5, 5.41) is 11.7. The molecule has 3 heterocycles. The molecule has 2 amide bonds. The van der Waals surface area contributed by atoms with E-state index in [1.807, 2.05) is 67.6 Å². The molecule has 0 aliphatic carbocycles. The Hall–Kier alpha value is -3.74. The van der Waals surface area contributed by atoms with Gasteiger partial charge in [0.25, 0.3) is 0 Å². The van der Waals surface area contributed by atoms with Crippen molar-refractivity contribution in [1.29, 1.82) is 0 Å². The Labute approximate surface area is 193 Å². The maximum Gasteiger partial charge on any atom is 0.229 e. The molecule has 0 saturated carbocycles. The number of nitrogens with zero attached hydrogens (tertiary/aromatic N) is 4. The molecule has 0 radical (unpaired) electrons. The number of carbonyl (C=O) groups is 2. The van der Waals surface area contributed by atoms with Crippen molar-refractivity contribution in [2.75, 3.05) is 34.8 Å². The van der Waals surface area contributed by atoms with Gasteiger partial charge in [-0.25, -0.2) is 0 Å². The second kappa shape index (κ2) is 9.02. The van der Waals surface area contributed by atoms with Crippen LogP contribution in [-0.2, 0) is 9.59 Å². The monoisotopic (exact) mass is 441 g/mol.